The summed E-state index contributed by atoms with van der Waals surface area (Å²) >= 11 is 3.37. The van der Waals surface area contributed by atoms with Gasteiger partial charge in [0.25, 0.3) is 5.91 Å². The van der Waals surface area contributed by atoms with Crippen LogP contribution in [-0.2, 0) is 0 Å². The molecule has 0 bridgehead atoms. The number of hydrogen-bond donors (Lipinski definition) is 2. The van der Waals surface area contributed by atoms with E-state index in [9.17, 15) is 4.79 Å². The van der Waals surface area contributed by atoms with E-state index in [2.05, 4.69) is 52.3 Å². The molecule has 0 aliphatic carbocycles. The van der Waals surface area contributed by atoms with Gasteiger partial charge in [-0.05, 0) is 51.1 Å². The number of pyridine rings is 1. The lowest BCUT2D eigenvalue weighted by Gasteiger charge is -2.21. The number of rotatable bonds is 3. The van der Waals surface area contributed by atoms with Gasteiger partial charge in [0.1, 0.15) is 5.69 Å². The molecule has 0 aliphatic heterocycles. The minimum absolute atomic E-state index is 0.0399. The molecule has 1 aromatic carbocycles. The molecule has 0 unspecified atom stereocenters. The fraction of sp³-hybridized carbons (Fsp3) is 0.250. The van der Waals surface area contributed by atoms with Gasteiger partial charge in [0.15, 0.2) is 0 Å². The van der Waals surface area contributed by atoms with Gasteiger partial charge < -0.3 is 10.6 Å². The van der Waals surface area contributed by atoms with Gasteiger partial charge in [-0.2, -0.15) is 0 Å². The van der Waals surface area contributed by atoms with Crippen molar-refractivity contribution in [2.45, 2.75) is 26.3 Å². The van der Waals surface area contributed by atoms with E-state index in [0.29, 0.717) is 5.69 Å². The van der Waals surface area contributed by atoms with Crippen LogP contribution in [0.5, 0.6) is 0 Å². The number of aromatic nitrogens is 1. The Balaban J connectivity index is 2.06. The number of amides is 1. The van der Waals surface area contributed by atoms with Gasteiger partial charge >= 0.3 is 0 Å². The topological polar surface area (TPSA) is 54.0 Å². The van der Waals surface area contributed by atoms with Crippen molar-refractivity contribution < 1.29 is 4.79 Å². The molecule has 2 rings (SSSR count). The lowest BCUT2D eigenvalue weighted by molar-refractivity contribution is 0.102. The predicted molar refractivity (Wildman–Crippen MR) is 89.7 cm³/mol. The summed E-state index contributed by atoms with van der Waals surface area (Å²) in [5, 5.41) is 6.12. The predicted octanol–water partition coefficient (Wildman–Crippen LogP) is 4.31. The van der Waals surface area contributed by atoms with Crippen molar-refractivity contribution in [2.75, 3.05) is 10.6 Å². The fourth-order valence-electron chi connectivity index (χ4n) is 1.80. The van der Waals surface area contributed by atoms with E-state index in [1.165, 1.54) is 0 Å². The zero-order chi connectivity index (χ0) is 15.5. The molecular formula is C16H18BrN3O. The number of hydrogen-bond acceptors (Lipinski definition) is 3. The Bertz CT molecular complexity index is 633. The largest absolute Gasteiger partial charge is 0.379 e. The highest BCUT2D eigenvalue weighted by molar-refractivity contribution is 9.10. The zero-order valence-electron chi connectivity index (χ0n) is 12.3. The highest BCUT2D eigenvalue weighted by Gasteiger charge is 2.11. The van der Waals surface area contributed by atoms with Crippen LogP contribution < -0.4 is 10.6 Å². The first-order valence-electron chi connectivity index (χ1n) is 6.65. The summed E-state index contributed by atoms with van der Waals surface area (Å²) in [6.07, 6.45) is 1.67. The van der Waals surface area contributed by atoms with Crippen molar-refractivity contribution in [3.63, 3.8) is 0 Å². The number of anilines is 2. The molecule has 1 amide bonds. The number of carbonyl (C=O) groups excluding carboxylic acids is 1. The first-order chi connectivity index (χ1) is 9.83. The van der Waals surface area contributed by atoms with Gasteiger partial charge in [0.05, 0.1) is 11.9 Å². The van der Waals surface area contributed by atoms with Gasteiger partial charge in [-0.15, -0.1) is 0 Å². The van der Waals surface area contributed by atoms with Crippen LogP contribution in [0.15, 0.2) is 47.1 Å². The molecule has 0 radical (unpaired) electrons. The molecule has 0 saturated carbocycles. The molecule has 0 fully saturated rings. The molecule has 1 heterocycles. The Hall–Kier alpha value is -1.88. The molecule has 0 spiro atoms. The summed E-state index contributed by atoms with van der Waals surface area (Å²) in [5.41, 5.74) is 1.96. The van der Waals surface area contributed by atoms with Crippen molar-refractivity contribution in [2.24, 2.45) is 0 Å². The molecule has 4 nitrogen and oxygen atoms in total. The summed E-state index contributed by atoms with van der Waals surface area (Å²) in [7, 11) is 0. The maximum Gasteiger partial charge on any atom is 0.274 e. The fourth-order valence-corrected chi connectivity index (χ4v) is 2.20. The van der Waals surface area contributed by atoms with Gasteiger partial charge in [0, 0.05) is 15.7 Å². The second-order valence-electron chi connectivity index (χ2n) is 5.77. The van der Waals surface area contributed by atoms with Crippen LogP contribution in [-0.4, -0.2) is 16.4 Å². The van der Waals surface area contributed by atoms with E-state index in [1.807, 2.05) is 30.3 Å². The van der Waals surface area contributed by atoms with Crippen LogP contribution in [0.25, 0.3) is 0 Å². The average molecular weight is 348 g/mol. The lowest BCUT2D eigenvalue weighted by Crippen LogP contribution is -2.26. The molecular weight excluding hydrogens is 330 g/mol. The van der Waals surface area contributed by atoms with Crippen molar-refractivity contribution in [3.8, 4) is 0 Å². The first-order valence-corrected chi connectivity index (χ1v) is 7.44. The standard InChI is InChI=1S/C16H18BrN3O/c1-16(2,3)20-13-7-8-14(18-10-13)15(21)19-12-6-4-5-11(17)9-12/h4-10,20H,1-3H3,(H,19,21). The van der Waals surface area contributed by atoms with Crippen molar-refractivity contribution in [1.82, 2.24) is 4.98 Å². The minimum Gasteiger partial charge on any atom is -0.379 e. The molecule has 110 valence electrons. The van der Waals surface area contributed by atoms with E-state index in [1.54, 1.807) is 12.3 Å². The maximum atomic E-state index is 12.1. The molecule has 2 aromatic rings. The zero-order valence-corrected chi connectivity index (χ0v) is 13.9. The highest BCUT2D eigenvalue weighted by atomic mass is 79.9. The third kappa shape index (κ3) is 4.86. The molecule has 0 saturated heterocycles. The van der Waals surface area contributed by atoms with Crippen molar-refractivity contribution in [1.29, 1.82) is 0 Å². The molecule has 1 aromatic heterocycles. The Kier molecular flexibility index (Phi) is 4.63. The summed E-state index contributed by atoms with van der Waals surface area (Å²) in [6.45, 7) is 6.21. The number of benzene rings is 1. The van der Waals surface area contributed by atoms with Crippen LogP contribution in [0, 0.1) is 0 Å². The van der Waals surface area contributed by atoms with E-state index in [0.717, 1.165) is 15.8 Å². The summed E-state index contributed by atoms with van der Waals surface area (Å²) < 4.78 is 0.915. The number of nitrogens with one attached hydrogen (secondary N) is 2. The monoisotopic (exact) mass is 347 g/mol. The molecule has 5 heteroatoms. The van der Waals surface area contributed by atoms with Crippen LogP contribution >= 0.6 is 15.9 Å². The van der Waals surface area contributed by atoms with E-state index < -0.39 is 0 Å². The Morgan fingerprint density at radius 1 is 1.14 bits per heavy atom. The Morgan fingerprint density at radius 3 is 2.48 bits per heavy atom. The van der Waals surface area contributed by atoms with Crippen LogP contribution in [0.2, 0.25) is 0 Å². The van der Waals surface area contributed by atoms with E-state index >= 15 is 0 Å². The van der Waals surface area contributed by atoms with E-state index in [-0.39, 0.29) is 11.4 Å². The number of carbonyl (C=O) groups is 1. The van der Waals surface area contributed by atoms with Gasteiger partial charge in [-0.25, -0.2) is 4.98 Å². The van der Waals surface area contributed by atoms with E-state index in [4.69, 9.17) is 0 Å². The van der Waals surface area contributed by atoms with Crippen LogP contribution in [0.3, 0.4) is 0 Å². The molecule has 0 aliphatic rings. The third-order valence-electron chi connectivity index (χ3n) is 2.60. The second-order valence-corrected chi connectivity index (χ2v) is 6.69. The summed E-state index contributed by atoms with van der Waals surface area (Å²) in [5.74, 6) is -0.226. The lowest BCUT2D eigenvalue weighted by atomic mass is 10.1. The first kappa shape index (κ1) is 15.5. The summed E-state index contributed by atoms with van der Waals surface area (Å²) in [4.78, 5) is 16.3. The maximum absolute atomic E-state index is 12.1. The van der Waals surface area contributed by atoms with Gasteiger partial charge in [-0.3, -0.25) is 4.79 Å². The number of nitrogens with zero attached hydrogens (tertiary/aromatic N) is 1. The smallest absolute Gasteiger partial charge is 0.274 e. The van der Waals surface area contributed by atoms with Gasteiger partial charge in [-0.1, -0.05) is 22.0 Å². The molecule has 0 atom stereocenters. The summed E-state index contributed by atoms with van der Waals surface area (Å²) in [6, 6.07) is 11.0. The third-order valence-corrected chi connectivity index (χ3v) is 3.09. The second kappa shape index (κ2) is 6.26. The van der Waals surface area contributed by atoms with Gasteiger partial charge in [0.2, 0.25) is 0 Å². The van der Waals surface area contributed by atoms with Crippen molar-refractivity contribution >= 4 is 33.2 Å². The Labute approximate surface area is 133 Å². The molecule has 21 heavy (non-hydrogen) atoms. The Morgan fingerprint density at radius 2 is 1.90 bits per heavy atom. The number of halogens is 1. The van der Waals surface area contributed by atoms with Crippen LogP contribution in [0.1, 0.15) is 31.3 Å². The average Bonchev–Trinajstić information content (AvgIpc) is 2.37. The quantitative estimate of drug-likeness (QED) is 0.869. The van der Waals surface area contributed by atoms with Crippen LogP contribution in [0.4, 0.5) is 11.4 Å². The highest BCUT2D eigenvalue weighted by Crippen LogP contribution is 2.17. The molecule has 2 N–H and O–H groups in total. The normalized spacial score (nSPS) is 11.0. The minimum atomic E-state index is -0.226. The SMILES string of the molecule is CC(C)(C)Nc1ccc(C(=O)Nc2cccc(Br)c2)nc1. The van der Waals surface area contributed by atoms with Crippen molar-refractivity contribution in [3.05, 3.63) is 52.8 Å².